The van der Waals surface area contributed by atoms with Gasteiger partial charge in [0, 0.05) is 5.97 Å². The van der Waals surface area contributed by atoms with Gasteiger partial charge in [0.1, 0.15) is 0 Å². The minimum absolute atomic E-state index is 0.972. The smallest absolute Gasteiger partial charge is 0.0383 e. The number of aliphatic carboxylic acids is 1. The lowest BCUT2D eigenvalue weighted by molar-refractivity contribution is -0.302. The molecule has 2 saturated heterocycles. The van der Waals surface area contributed by atoms with Crippen LogP contribution in [0.2, 0.25) is 0 Å². The standard InChI is InChI=1S/2C5H10S.C2H4O2/c2*1-2-4-6-5-3-1;1-2(3)4/h2*1-5H2;1H3,(H,3,4)/p-1. The Labute approximate surface area is 108 Å². The molecule has 2 fully saturated rings. The first-order chi connectivity index (χ1) is 7.73. The maximum atomic E-state index is 8.89. The van der Waals surface area contributed by atoms with Crippen LogP contribution in [0.1, 0.15) is 45.4 Å². The number of rotatable bonds is 0. The predicted molar refractivity (Wildman–Crippen MR) is 73.0 cm³/mol. The number of carbonyl (C=O) groups excluding carboxylic acids is 1. The molecule has 2 nitrogen and oxygen atoms in total. The summed E-state index contributed by atoms with van der Waals surface area (Å²) in [6.45, 7) is 0.972. The molecule has 2 aliphatic rings. The SMILES string of the molecule is C1CCSCC1.C1CCSCC1.CC(=O)[O-]. The second-order valence-electron chi connectivity index (χ2n) is 3.84. The lowest BCUT2D eigenvalue weighted by Crippen LogP contribution is -2.16. The summed E-state index contributed by atoms with van der Waals surface area (Å²) in [5, 5.41) is 8.89. The fraction of sp³-hybridized carbons (Fsp3) is 0.917. The molecule has 2 rings (SSSR count). The largest absolute Gasteiger partial charge is 0.550 e. The molecule has 0 aromatic carbocycles. The van der Waals surface area contributed by atoms with Crippen molar-refractivity contribution < 1.29 is 9.90 Å². The first kappa shape index (κ1) is 16.2. The number of hydrogen-bond acceptors (Lipinski definition) is 4. The molecule has 0 unspecified atom stereocenters. The van der Waals surface area contributed by atoms with Crippen LogP contribution in [0.3, 0.4) is 0 Å². The number of carbonyl (C=O) groups is 1. The maximum absolute atomic E-state index is 8.89. The fourth-order valence-corrected chi connectivity index (χ4v) is 3.42. The molecule has 0 aliphatic carbocycles. The van der Waals surface area contributed by atoms with Crippen molar-refractivity contribution in [2.45, 2.75) is 45.4 Å². The van der Waals surface area contributed by atoms with E-state index in [4.69, 9.17) is 9.90 Å². The van der Waals surface area contributed by atoms with Gasteiger partial charge < -0.3 is 9.90 Å². The van der Waals surface area contributed by atoms with Crippen molar-refractivity contribution in [2.75, 3.05) is 23.0 Å². The lowest BCUT2D eigenvalue weighted by Gasteiger charge is -2.05. The highest BCUT2D eigenvalue weighted by Crippen LogP contribution is 2.15. The average Bonchev–Trinajstić information content (AvgIpc) is 2.34. The number of carboxylic acid groups (broad SMARTS) is 1. The maximum Gasteiger partial charge on any atom is 0.0383 e. The third kappa shape index (κ3) is 16.6. The van der Waals surface area contributed by atoms with Gasteiger partial charge in [-0.05, 0) is 55.6 Å². The van der Waals surface area contributed by atoms with E-state index in [2.05, 4.69) is 23.5 Å². The first-order valence-electron chi connectivity index (χ1n) is 6.06. The Morgan fingerprint density at radius 1 is 0.812 bits per heavy atom. The van der Waals surface area contributed by atoms with Crippen LogP contribution in [0.5, 0.6) is 0 Å². The van der Waals surface area contributed by atoms with Crippen LogP contribution < -0.4 is 5.11 Å². The van der Waals surface area contributed by atoms with Gasteiger partial charge in [0.2, 0.25) is 0 Å². The van der Waals surface area contributed by atoms with Gasteiger partial charge in [0.15, 0.2) is 0 Å². The Bertz CT molecular complexity index is 116. The van der Waals surface area contributed by atoms with Gasteiger partial charge in [-0.3, -0.25) is 0 Å². The molecule has 0 N–H and O–H groups in total. The second kappa shape index (κ2) is 13.2. The van der Waals surface area contributed by atoms with Crippen LogP contribution in [0.15, 0.2) is 0 Å². The number of thioether (sulfide) groups is 2. The van der Waals surface area contributed by atoms with E-state index >= 15 is 0 Å². The van der Waals surface area contributed by atoms with Crippen molar-refractivity contribution >= 4 is 29.5 Å². The molecule has 0 radical (unpaired) electrons. The zero-order valence-corrected chi connectivity index (χ0v) is 11.8. The first-order valence-corrected chi connectivity index (χ1v) is 8.37. The second-order valence-corrected chi connectivity index (χ2v) is 6.29. The summed E-state index contributed by atoms with van der Waals surface area (Å²) in [6.07, 6.45) is 8.81. The zero-order valence-electron chi connectivity index (χ0n) is 10.2. The van der Waals surface area contributed by atoms with E-state index in [0.717, 1.165) is 6.92 Å². The molecule has 0 aromatic heterocycles. The quantitative estimate of drug-likeness (QED) is 0.673. The third-order valence-electron chi connectivity index (χ3n) is 2.15. The highest BCUT2D eigenvalue weighted by Gasteiger charge is 1.96. The fourth-order valence-electron chi connectivity index (χ4n) is 1.37. The normalized spacial score (nSPS) is 19.6. The van der Waals surface area contributed by atoms with Gasteiger partial charge in [-0.15, -0.1) is 0 Å². The van der Waals surface area contributed by atoms with Crippen molar-refractivity contribution in [3.05, 3.63) is 0 Å². The van der Waals surface area contributed by atoms with E-state index < -0.39 is 5.97 Å². The molecule has 0 saturated carbocycles. The van der Waals surface area contributed by atoms with Gasteiger partial charge in [-0.1, -0.05) is 12.8 Å². The van der Waals surface area contributed by atoms with Crippen LogP contribution in [-0.2, 0) is 4.79 Å². The van der Waals surface area contributed by atoms with Gasteiger partial charge in [-0.2, -0.15) is 23.5 Å². The number of hydrogen-bond donors (Lipinski definition) is 0. The molecular weight excluding hydrogens is 240 g/mol. The monoisotopic (exact) mass is 263 g/mol. The van der Waals surface area contributed by atoms with E-state index in [1.165, 1.54) is 61.5 Å². The van der Waals surface area contributed by atoms with Crippen molar-refractivity contribution in [2.24, 2.45) is 0 Å². The molecule has 0 aromatic rings. The molecule has 0 bridgehead atoms. The van der Waals surface area contributed by atoms with Crippen molar-refractivity contribution in [1.82, 2.24) is 0 Å². The molecular formula is C12H23O2S2-. The van der Waals surface area contributed by atoms with Crippen molar-refractivity contribution in [3.8, 4) is 0 Å². The predicted octanol–water partition coefficient (Wildman–Crippen LogP) is 2.56. The minimum atomic E-state index is -1.08. The zero-order chi connectivity index (χ0) is 12.1. The van der Waals surface area contributed by atoms with E-state index in [9.17, 15) is 0 Å². The summed E-state index contributed by atoms with van der Waals surface area (Å²) in [5.74, 6) is 4.58. The van der Waals surface area contributed by atoms with E-state index in [1.807, 2.05) is 0 Å². The summed E-state index contributed by atoms with van der Waals surface area (Å²) in [4.78, 5) is 8.89. The summed E-state index contributed by atoms with van der Waals surface area (Å²) >= 11 is 4.19. The van der Waals surface area contributed by atoms with Crippen molar-refractivity contribution in [1.29, 1.82) is 0 Å². The summed E-state index contributed by atoms with van der Waals surface area (Å²) < 4.78 is 0. The van der Waals surface area contributed by atoms with Crippen molar-refractivity contribution in [3.63, 3.8) is 0 Å². The summed E-state index contributed by atoms with van der Waals surface area (Å²) in [5.41, 5.74) is 0. The van der Waals surface area contributed by atoms with Crippen LogP contribution in [0, 0.1) is 0 Å². The third-order valence-corrected chi connectivity index (χ3v) is 4.46. The Balaban J connectivity index is 0.000000217. The van der Waals surface area contributed by atoms with E-state index in [0.29, 0.717) is 0 Å². The molecule has 0 amide bonds. The highest BCUT2D eigenvalue weighted by atomic mass is 32.2. The van der Waals surface area contributed by atoms with Gasteiger partial charge in [0.05, 0.1) is 0 Å². The molecule has 96 valence electrons. The van der Waals surface area contributed by atoms with Crippen LogP contribution in [-0.4, -0.2) is 29.0 Å². The Morgan fingerprint density at radius 3 is 1.12 bits per heavy atom. The van der Waals surface area contributed by atoms with Crippen LogP contribution >= 0.6 is 23.5 Å². The Hall–Kier alpha value is 0.170. The Kier molecular flexibility index (Phi) is 13.4. The molecule has 2 aliphatic heterocycles. The molecule has 16 heavy (non-hydrogen) atoms. The molecule has 2 heterocycles. The number of carboxylic acids is 1. The van der Waals surface area contributed by atoms with Crippen LogP contribution in [0.4, 0.5) is 0 Å². The summed E-state index contributed by atoms with van der Waals surface area (Å²) in [6, 6.07) is 0. The highest BCUT2D eigenvalue weighted by molar-refractivity contribution is 7.99. The van der Waals surface area contributed by atoms with Gasteiger partial charge in [0.25, 0.3) is 0 Å². The van der Waals surface area contributed by atoms with Gasteiger partial charge >= 0.3 is 0 Å². The minimum Gasteiger partial charge on any atom is -0.550 e. The lowest BCUT2D eigenvalue weighted by atomic mass is 10.3. The summed E-state index contributed by atoms with van der Waals surface area (Å²) in [7, 11) is 0. The van der Waals surface area contributed by atoms with Gasteiger partial charge in [-0.25, -0.2) is 0 Å². The van der Waals surface area contributed by atoms with Crippen LogP contribution in [0.25, 0.3) is 0 Å². The topological polar surface area (TPSA) is 40.1 Å². The molecule has 0 spiro atoms. The molecule has 0 atom stereocenters. The molecule has 4 heteroatoms. The van der Waals surface area contributed by atoms with E-state index in [-0.39, 0.29) is 0 Å². The average molecular weight is 263 g/mol. The van der Waals surface area contributed by atoms with E-state index in [1.54, 1.807) is 0 Å². The Morgan fingerprint density at radius 2 is 1.06 bits per heavy atom.